The first-order valence-electron chi connectivity index (χ1n) is 6.67. The molecule has 1 aromatic carbocycles. The summed E-state index contributed by atoms with van der Waals surface area (Å²) in [6, 6.07) is 6.91. The van der Waals surface area contributed by atoms with Gasteiger partial charge in [-0.05, 0) is 56.7 Å². The molecule has 0 aliphatic rings. The van der Waals surface area contributed by atoms with E-state index in [0.29, 0.717) is 5.82 Å². The Bertz CT molecular complexity index is 761. The normalized spacial score (nSPS) is 11.5. The number of benzene rings is 1. The van der Waals surface area contributed by atoms with Crippen molar-refractivity contribution < 1.29 is 12.8 Å². The van der Waals surface area contributed by atoms with Crippen molar-refractivity contribution in [1.82, 2.24) is 10.2 Å². The average Bonchev–Trinajstić information content (AvgIpc) is 2.43. The Morgan fingerprint density at radius 3 is 2.27 bits per heavy atom. The molecule has 1 aromatic heterocycles. The van der Waals surface area contributed by atoms with E-state index in [1.807, 2.05) is 13.8 Å². The van der Waals surface area contributed by atoms with Crippen molar-refractivity contribution in [2.45, 2.75) is 31.7 Å². The second kappa shape index (κ2) is 6.27. The van der Waals surface area contributed by atoms with Crippen molar-refractivity contribution in [2.75, 3.05) is 10.0 Å². The Labute approximate surface area is 128 Å². The molecule has 0 aliphatic carbocycles. The van der Waals surface area contributed by atoms with Gasteiger partial charge < -0.3 is 5.32 Å². The molecule has 0 spiro atoms. The lowest BCUT2D eigenvalue weighted by atomic mass is 10.2. The lowest BCUT2D eigenvalue weighted by Gasteiger charge is -2.10. The van der Waals surface area contributed by atoms with Gasteiger partial charge in [-0.1, -0.05) is 0 Å². The van der Waals surface area contributed by atoms with Crippen molar-refractivity contribution in [3.63, 3.8) is 0 Å². The third kappa shape index (κ3) is 3.91. The molecule has 2 aromatic rings. The molecule has 0 aliphatic heterocycles. The Morgan fingerprint density at radius 1 is 1.09 bits per heavy atom. The molecule has 0 bridgehead atoms. The van der Waals surface area contributed by atoms with Crippen molar-refractivity contribution in [3.05, 3.63) is 41.7 Å². The molecule has 0 fully saturated rings. The molecule has 1 heterocycles. The second-order valence-corrected chi connectivity index (χ2v) is 6.80. The summed E-state index contributed by atoms with van der Waals surface area (Å²) in [5, 5.41) is 10.7. The minimum atomic E-state index is -3.83. The molecule has 0 radical (unpaired) electrons. The lowest BCUT2D eigenvalue weighted by Crippen LogP contribution is -2.16. The van der Waals surface area contributed by atoms with Gasteiger partial charge in [0.2, 0.25) is 0 Å². The molecule has 118 valence electrons. The molecule has 6 nitrogen and oxygen atoms in total. The number of halogens is 1. The summed E-state index contributed by atoms with van der Waals surface area (Å²) in [7, 11) is -3.83. The van der Waals surface area contributed by atoms with Crippen LogP contribution in [0.15, 0.2) is 35.2 Å². The van der Waals surface area contributed by atoms with Gasteiger partial charge in [-0.25, -0.2) is 12.8 Å². The van der Waals surface area contributed by atoms with Crippen LogP contribution in [0.4, 0.5) is 16.0 Å². The van der Waals surface area contributed by atoms with Crippen LogP contribution in [0, 0.1) is 12.7 Å². The zero-order chi connectivity index (χ0) is 16.3. The smallest absolute Gasteiger partial charge is 0.263 e. The van der Waals surface area contributed by atoms with Crippen LogP contribution in [-0.2, 0) is 10.0 Å². The highest BCUT2D eigenvalue weighted by Gasteiger charge is 2.16. The molecule has 0 atom stereocenters. The van der Waals surface area contributed by atoms with E-state index in [1.54, 1.807) is 6.07 Å². The van der Waals surface area contributed by atoms with Gasteiger partial charge in [0.1, 0.15) is 11.6 Å². The Morgan fingerprint density at radius 2 is 1.73 bits per heavy atom. The summed E-state index contributed by atoms with van der Waals surface area (Å²) in [5.74, 6) is 0.190. The van der Waals surface area contributed by atoms with E-state index in [1.165, 1.54) is 25.1 Å². The number of hydrogen-bond donors (Lipinski definition) is 2. The Balaban J connectivity index is 2.19. The van der Waals surface area contributed by atoms with Gasteiger partial charge in [0.15, 0.2) is 5.82 Å². The molecule has 2 N–H and O–H groups in total. The third-order valence-corrected chi connectivity index (χ3v) is 4.13. The molecule has 22 heavy (non-hydrogen) atoms. The lowest BCUT2D eigenvalue weighted by molar-refractivity contribution is 0.598. The summed E-state index contributed by atoms with van der Waals surface area (Å²) >= 11 is 0. The van der Waals surface area contributed by atoms with E-state index < -0.39 is 15.8 Å². The third-order valence-electron chi connectivity index (χ3n) is 2.78. The average molecular weight is 324 g/mol. The summed E-state index contributed by atoms with van der Waals surface area (Å²) in [4.78, 5) is -0.0300. The van der Waals surface area contributed by atoms with Crippen LogP contribution in [0.2, 0.25) is 0 Å². The number of hydrogen-bond acceptors (Lipinski definition) is 5. The first-order valence-corrected chi connectivity index (χ1v) is 8.15. The molecule has 0 unspecified atom stereocenters. The number of nitrogens with zero attached hydrogens (tertiary/aromatic N) is 2. The zero-order valence-electron chi connectivity index (χ0n) is 12.5. The van der Waals surface area contributed by atoms with E-state index in [9.17, 15) is 12.8 Å². The van der Waals surface area contributed by atoms with Gasteiger partial charge in [-0.2, -0.15) is 0 Å². The van der Waals surface area contributed by atoms with E-state index in [0.717, 1.165) is 6.07 Å². The molecule has 0 saturated heterocycles. The van der Waals surface area contributed by atoms with Crippen LogP contribution in [0.3, 0.4) is 0 Å². The summed E-state index contributed by atoms with van der Waals surface area (Å²) in [5.41, 5.74) is 0.255. The maximum atomic E-state index is 13.2. The monoisotopic (exact) mass is 324 g/mol. The van der Waals surface area contributed by atoms with Crippen molar-refractivity contribution in [1.29, 1.82) is 0 Å². The van der Waals surface area contributed by atoms with E-state index in [4.69, 9.17) is 0 Å². The van der Waals surface area contributed by atoms with Gasteiger partial charge >= 0.3 is 0 Å². The van der Waals surface area contributed by atoms with Crippen LogP contribution < -0.4 is 10.0 Å². The molecule has 0 amide bonds. The van der Waals surface area contributed by atoms with Gasteiger partial charge in [0.05, 0.1) is 4.90 Å². The summed E-state index contributed by atoms with van der Waals surface area (Å²) < 4.78 is 39.9. The number of anilines is 2. The van der Waals surface area contributed by atoms with Gasteiger partial charge in [0.25, 0.3) is 10.0 Å². The highest BCUT2D eigenvalue weighted by molar-refractivity contribution is 7.92. The fourth-order valence-electron chi connectivity index (χ4n) is 1.74. The van der Waals surface area contributed by atoms with Crippen LogP contribution in [0.25, 0.3) is 0 Å². The van der Waals surface area contributed by atoms with Crippen LogP contribution in [0.5, 0.6) is 0 Å². The standard InChI is InChI=1S/C14H17FN4O2S/c1-9(2)16-13-6-7-14(18-17-13)19-22(20,21)11-4-5-12(15)10(3)8-11/h4-9H,1-3H3,(H,16,17)(H,18,19). The molecule has 0 saturated carbocycles. The van der Waals surface area contributed by atoms with Gasteiger partial charge in [-0.3, -0.25) is 4.72 Å². The predicted molar refractivity (Wildman–Crippen MR) is 82.7 cm³/mol. The second-order valence-electron chi connectivity index (χ2n) is 5.12. The molecule has 2 rings (SSSR count). The van der Waals surface area contributed by atoms with Gasteiger partial charge in [0, 0.05) is 6.04 Å². The maximum absolute atomic E-state index is 13.2. The predicted octanol–water partition coefficient (Wildman–Crippen LogP) is 2.55. The minimum Gasteiger partial charge on any atom is -0.366 e. The number of rotatable bonds is 5. The molecular formula is C14H17FN4O2S. The van der Waals surface area contributed by atoms with Crippen molar-refractivity contribution in [3.8, 4) is 0 Å². The van der Waals surface area contributed by atoms with Crippen LogP contribution in [0.1, 0.15) is 19.4 Å². The Hall–Kier alpha value is -2.22. The first kappa shape index (κ1) is 16.2. The first-order chi connectivity index (χ1) is 10.3. The van der Waals surface area contributed by atoms with E-state index >= 15 is 0 Å². The van der Waals surface area contributed by atoms with E-state index in [2.05, 4.69) is 20.2 Å². The fourth-order valence-corrected chi connectivity index (χ4v) is 2.82. The molecule has 8 heteroatoms. The van der Waals surface area contributed by atoms with Crippen LogP contribution in [-0.4, -0.2) is 24.7 Å². The minimum absolute atomic E-state index is 0.0300. The summed E-state index contributed by atoms with van der Waals surface area (Å²) in [6.45, 7) is 5.41. The highest BCUT2D eigenvalue weighted by Crippen LogP contribution is 2.17. The largest absolute Gasteiger partial charge is 0.366 e. The fraction of sp³-hybridized carbons (Fsp3) is 0.286. The zero-order valence-corrected chi connectivity index (χ0v) is 13.3. The Kier molecular flexibility index (Phi) is 4.60. The highest BCUT2D eigenvalue weighted by atomic mass is 32.2. The maximum Gasteiger partial charge on any atom is 0.263 e. The van der Waals surface area contributed by atoms with Crippen molar-refractivity contribution in [2.24, 2.45) is 0 Å². The van der Waals surface area contributed by atoms with Gasteiger partial charge in [-0.15, -0.1) is 10.2 Å². The number of aromatic nitrogens is 2. The molecular weight excluding hydrogens is 307 g/mol. The number of nitrogens with one attached hydrogen (secondary N) is 2. The van der Waals surface area contributed by atoms with Crippen LogP contribution >= 0.6 is 0 Å². The SMILES string of the molecule is Cc1cc(S(=O)(=O)Nc2ccc(NC(C)C)nn2)ccc1F. The summed E-state index contributed by atoms with van der Waals surface area (Å²) in [6.07, 6.45) is 0. The van der Waals surface area contributed by atoms with E-state index in [-0.39, 0.29) is 22.3 Å². The van der Waals surface area contributed by atoms with Crippen molar-refractivity contribution >= 4 is 21.7 Å². The number of aryl methyl sites for hydroxylation is 1. The topological polar surface area (TPSA) is 84.0 Å². The quantitative estimate of drug-likeness (QED) is 0.883. The number of sulfonamides is 1.